The highest BCUT2D eigenvalue weighted by atomic mass is 19.4. The lowest BCUT2D eigenvalue weighted by atomic mass is 9.96. The van der Waals surface area contributed by atoms with E-state index in [1.165, 1.54) is 6.07 Å². The lowest BCUT2D eigenvalue weighted by molar-refractivity contribution is -0.275. The molecule has 2 aromatic heterocycles. The Balaban J connectivity index is 1.46. The molecule has 0 amide bonds. The summed E-state index contributed by atoms with van der Waals surface area (Å²) < 4.78 is 68.9. The number of imidazole rings is 1. The van der Waals surface area contributed by atoms with Gasteiger partial charge in [-0.15, -0.1) is 13.2 Å². The van der Waals surface area contributed by atoms with E-state index >= 15 is 0 Å². The van der Waals surface area contributed by atoms with Gasteiger partial charge < -0.3 is 18.6 Å². The molecule has 0 bridgehead atoms. The molecule has 1 aliphatic heterocycles. The van der Waals surface area contributed by atoms with E-state index in [0.29, 0.717) is 17.9 Å². The molecular weight excluding hydrogens is 514 g/mol. The van der Waals surface area contributed by atoms with Gasteiger partial charge in [-0.2, -0.15) is 0 Å². The fourth-order valence-corrected chi connectivity index (χ4v) is 5.48. The van der Waals surface area contributed by atoms with Gasteiger partial charge in [0.25, 0.3) is 0 Å². The lowest BCUT2D eigenvalue weighted by Crippen LogP contribution is -2.18. The van der Waals surface area contributed by atoms with Crippen molar-refractivity contribution in [1.29, 1.82) is 0 Å². The van der Waals surface area contributed by atoms with E-state index in [-0.39, 0.29) is 5.92 Å². The molecule has 0 aliphatic carbocycles. The van der Waals surface area contributed by atoms with Crippen LogP contribution in [0.5, 0.6) is 5.75 Å². The second-order valence-corrected chi connectivity index (χ2v) is 10.3. The number of ether oxygens (including phenoxy) is 2. The van der Waals surface area contributed by atoms with Crippen LogP contribution in [0.25, 0.3) is 22.2 Å². The number of aryl methyl sites for hydroxylation is 3. The fourth-order valence-electron chi connectivity index (χ4n) is 5.48. The van der Waals surface area contributed by atoms with Gasteiger partial charge in [0, 0.05) is 31.2 Å². The third kappa shape index (κ3) is 6.11. The van der Waals surface area contributed by atoms with Crippen molar-refractivity contribution in [2.45, 2.75) is 65.3 Å². The molecule has 5 rings (SSSR count). The van der Waals surface area contributed by atoms with Crippen molar-refractivity contribution in [2.75, 3.05) is 13.2 Å². The van der Waals surface area contributed by atoms with Crippen molar-refractivity contribution in [3.63, 3.8) is 0 Å². The number of fused-ring (bicyclic) bond motifs is 1. The fraction of sp³-hybridized carbons (Fsp3) is 0.448. The number of halogens is 4. The Labute approximate surface area is 223 Å². The van der Waals surface area contributed by atoms with Crippen LogP contribution in [0.3, 0.4) is 0 Å². The number of benzene rings is 2. The van der Waals surface area contributed by atoms with E-state index in [4.69, 9.17) is 14.2 Å². The van der Waals surface area contributed by atoms with Crippen molar-refractivity contribution in [3.05, 3.63) is 65.1 Å². The van der Waals surface area contributed by atoms with E-state index in [1.807, 2.05) is 32.9 Å². The van der Waals surface area contributed by atoms with Crippen molar-refractivity contribution in [2.24, 2.45) is 5.92 Å². The third-order valence-electron chi connectivity index (χ3n) is 7.41. The molecule has 39 heavy (non-hydrogen) atoms. The quantitative estimate of drug-likeness (QED) is 0.215. The maximum absolute atomic E-state index is 14.4. The minimum absolute atomic E-state index is 0.122. The first kappa shape index (κ1) is 27.2. The van der Waals surface area contributed by atoms with Gasteiger partial charge in [-0.05, 0) is 80.8 Å². The van der Waals surface area contributed by atoms with E-state index in [2.05, 4.69) is 20.5 Å². The van der Waals surface area contributed by atoms with Gasteiger partial charge in [0.1, 0.15) is 11.6 Å². The molecule has 0 N–H and O–H groups in total. The van der Waals surface area contributed by atoms with Crippen LogP contribution in [0.1, 0.15) is 54.9 Å². The maximum atomic E-state index is 14.4. The Morgan fingerprint density at radius 3 is 2.54 bits per heavy atom. The summed E-state index contributed by atoms with van der Waals surface area (Å²) in [4.78, 5) is 5.01. The van der Waals surface area contributed by atoms with Gasteiger partial charge in [-0.25, -0.2) is 9.37 Å². The van der Waals surface area contributed by atoms with E-state index in [1.54, 1.807) is 0 Å². The molecular formula is C29H31F4N3O3. The minimum atomic E-state index is -4.95. The number of rotatable bonds is 8. The molecule has 4 aromatic rings. The van der Waals surface area contributed by atoms with Gasteiger partial charge in [0.05, 0.1) is 16.7 Å². The molecule has 0 spiro atoms. The summed E-state index contributed by atoms with van der Waals surface area (Å²) in [6, 6.07) is 9.73. The van der Waals surface area contributed by atoms with Crippen LogP contribution in [-0.2, 0) is 17.7 Å². The first-order valence-corrected chi connectivity index (χ1v) is 13.1. The van der Waals surface area contributed by atoms with Crippen molar-refractivity contribution in [1.82, 2.24) is 14.7 Å². The summed E-state index contributed by atoms with van der Waals surface area (Å²) in [5.74, 6) is 0.145. The Hall–Kier alpha value is -3.40. The average Bonchev–Trinajstić information content (AvgIpc) is 3.42. The lowest BCUT2D eigenvalue weighted by Gasteiger charge is -2.23. The molecule has 10 heteroatoms. The zero-order valence-corrected chi connectivity index (χ0v) is 22.1. The number of nitrogens with zero attached hydrogens (tertiary/aromatic N) is 3. The molecule has 2 aromatic carbocycles. The largest absolute Gasteiger partial charge is 0.573 e. The predicted octanol–water partition coefficient (Wildman–Crippen LogP) is 7.51. The van der Waals surface area contributed by atoms with Crippen LogP contribution in [0.4, 0.5) is 17.6 Å². The van der Waals surface area contributed by atoms with Crippen LogP contribution in [-0.4, -0.2) is 34.3 Å². The molecule has 208 valence electrons. The second kappa shape index (κ2) is 11.0. The first-order valence-electron chi connectivity index (χ1n) is 13.1. The smallest absolute Gasteiger partial charge is 0.403 e. The minimum Gasteiger partial charge on any atom is -0.403 e. The van der Waals surface area contributed by atoms with E-state index in [9.17, 15) is 17.6 Å². The zero-order chi connectivity index (χ0) is 27.7. The summed E-state index contributed by atoms with van der Waals surface area (Å²) >= 11 is 0. The van der Waals surface area contributed by atoms with Crippen LogP contribution in [0.2, 0.25) is 0 Å². The molecule has 1 atom stereocenters. The van der Waals surface area contributed by atoms with Crippen molar-refractivity contribution >= 4 is 11.0 Å². The molecule has 0 saturated carbocycles. The summed E-state index contributed by atoms with van der Waals surface area (Å²) in [6.07, 6.45) is -1.51. The Bertz CT molecular complexity index is 1430. The molecule has 0 radical (unpaired) electrons. The van der Waals surface area contributed by atoms with Gasteiger partial charge >= 0.3 is 6.36 Å². The number of alkyl halides is 3. The SMILES string of the molecule is Cc1noc(C)c1-c1ccc2c(c1)nc([C@@H](C)Cc1ccc(OC(F)(F)F)c(F)c1)n2CCC1CCOCC1. The summed E-state index contributed by atoms with van der Waals surface area (Å²) in [5, 5.41) is 4.07. The highest BCUT2D eigenvalue weighted by Gasteiger charge is 2.32. The van der Waals surface area contributed by atoms with Gasteiger partial charge in [0.2, 0.25) is 0 Å². The topological polar surface area (TPSA) is 62.3 Å². The van der Waals surface area contributed by atoms with E-state index in [0.717, 1.165) is 90.6 Å². The third-order valence-corrected chi connectivity index (χ3v) is 7.41. The highest BCUT2D eigenvalue weighted by molar-refractivity contribution is 5.83. The first-order chi connectivity index (χ1) is 18.6. The number of aromatic nitrogens is 3. The Morgan fingerprint density at radius 2 is 1.87 bits per heavy atom. The van der Waals surface area contributed by atoms with Crippen LogP contribution in [0.15, 0.2) is 40.9 Å². The summed E-state index contributed by atoms with van der Waals surface area (Å²) in [5.41, 5.74) is 5.11. The summed E-state index contributed by atoms with van der Waals surface area (Å²) in [6.45, 7) is 8.11. The normalized spacial score (nSPS) is 15.7. The van der Waals surface area contributed by atoms with Crippen LogP contribution in [0, 0.1) is 25.6 Å². The molecule has 1 fully saturated rings. The van der Waals surface area contributed by atoms with Crippen molar-refractivity contribution < 1.29 is 31.6 Å². The molecule has 0 unspecified atom stereocenters. The Morgan fingerprint density at radius 1 is 1.10 bits per heavy atom. The molecule has 1 saturated heterocycles. The second-order valence-electron chi connectivity index (χ2n) is 10.3. The predicted molar refractivity (Wildman–Crippen MR) is 138 cm³/mol. The van der Waals surface area contributed by atoms with Crippen LogP contribution < -0.4 is 4.74 Å². The van der Waals surface area contributed by atoms with Gasteiger partial charge in [-0.1, -0.05) is 24.2 Å². The van der Waals surface area contributed by atoms with Crippen molar-refractivity contribution in [3.8, 4) is 16.9 Å². The number of hydrogen-bond acceptors (Lipinski definition) is 5. The number of hydrogen-bond donors (Lipinski definition) is 0. The maximum Gasteiger partial charge on any atom is 0.573 e. The van der Waals surface area contributed by atoms with Gasteiger partial charge in [-0.3, -0.25) is 0 Å². The molecule has 6 nitrogen and oxygen atoms in total. The molecule has 1 aliphatic rings. The van der Waals surface area contributed by atoms with Crippen LogP contribution >= 0.6 is 0 Å². The summed E-state index contributed by atoms with van der Waals surface area (Å²) in [7, 11) is 0. The Kier molecular flexibility index (Phi) is 7.66. The molecule has 3 heterocycles. The standard InChI is InChI=1S/C29H31F4N3O3/c1-17(14-21-4-7-26(23(30)15-21)38-29(31,32)33)28-34-24-16-22(27-18(2)35-39-19(27)3)5-6-25(24)36(28)11-8-20-9-12-37-13-10-20/h4-7,15-17,20H,8-14H2,1-3H3/t17-/m0/s1. The average molecular weight is 546 g/mol. The monoisotopic (exact) mass is 545 g/mol. The van der Waals surface area contributed by atoms with E-state index < -0.39 is 17.9 Å². The zero-order valence-electron chi connectivity index (χ0n) is 22.1. The highest BCUT2D eigenvalue weighted by Crippen LogP contribution is 2.33. The van der Waals surface area contributed by atoms with Gasteiger partial charge in [0.15, 0.2) is 11.6 Å².